The summed E-state index contributed by atoms with van der Waals surface area (Å²) >= 11 is 4.80. The summed E-state index contributed by atoms with van der Waals surface area (Å²) in [5, 5.41) is 15.2. The minimum atomic E-state index is 0.225. The van der Waals surface area contributed by atoms with Crippen LogP contribution in [0.5, 0.6) is 0 Å². The van der Waals surface area contributed by atoms with Gasteiger partial charge in [0.15, 0.2) is 5.11 Å². The van der Waals surface area contributed by atoms with Gasteiger partial charge < -0.3 is 15.7 Å². The molecule has 9 heavy (non-hydrogen) atoms. The summed E-state index contributed by atoms with van der Waals surface area (Å²) in [6.07, 6.45) is 0. The Labute approximate surface area is 59.4 Å². The SMILES string of the molecule is OCC1CNC(=S)NC1. The monoisotopic (exact) mass is 146 g/mol. The van der Waals surface area contributed by atoms with E-state index in [4.69, 9.17) is 17.3 Å². The second kappa shape index (κ2) is 2.98. The Hall–Kier alpha value is -0.350. The van der Waals surface area contributed by atoms with Crippen molar-refractivity contribution in [3.63, 3.8) is 0 Å². The first-order valence-corrected chi connectivity index (χ1v) is 3.36. The Morgan fingerprint density at radius 3 is 2.56 bits per heavy atom. The van der Waals surface area contributed by atoms with Crippen LogP contribution in [0.4, 0.5) is 0 Å². The van der Waals surface area contributed by atoms with Gasteiger partial charge in [-0.1, -0.05) is 0 Å². The summed E-state index contributed by atoms with van der Waals surface area (Å²) < 4.78 is 0. The molecule has 1 aliphatic heterocycles. The molecule has 3 nitrogen and oxygen atoms in total. The maximum atomic E-state index is 8.65. The Morgan fingerprint density at radius 1 is 1.56 bits per heavy atom. The summed E-state index contributed by atoms with van der Waals surface area (Å²) in [5.74, 6) is 0.316. The molecule has 0 aromatic carbocycles. The van der Waals surface area contributed by atoms with Crippen LogP contribution in [0.15, 0.2) is 0 Å². The van der Waals surface area contributed by atoms with Gasteiger partial charge in [0, 0.05) is 25.6 Å². The quantitative estimate of drug-likeness (QED) is 0.418. The molecule has 0 bridgehead atoms. The van der Waals surface area contributed by atoms with Crippen molar-refractivity contribution in [1.29, 1.82) is 0 Å². The lowest BCUT2D eigenvalue weighted by molar-refractivity contribution is 0.222. The lowest BCUT2D eigenvalue weighted by Crippen LogP contribution is -2.48. The van der Waals surface area contributed by atoms with E-state index in [1.54, 1.807) is 0 Å². The van der Waals surface area contributed by atoms with Gasteiger partial charge in [0.25, 0.3) is 0 Å². The summed E-state index contributed by atoms with van der Waals surface area (Å²) in [4.78, 5) is 0. The van der Waals surface area contributed by atoms with Crippen LogP contribution in [0.25, 0.3) is 0 Å². The normalized spacial score (nSPS) is 20.8. The molecule has 1 aliphatic rings. The molecule has 4 heteroatoms. The van der Waals surface area contributed by atoms with Crippen molar-refractivity contribution in [1.82, 2.24) is 10.6 Å². The zero-order valence-electron chi connectivity index (χ0n) is 5.05. The van der Waals surface area contributed by atoms with Crippen molar-refractivity contribution in [2.45, 2.75) is 0 Å². The van der Waals surface area contributed by atoms with Crippen LogP contribution in [0.3, 0.4) is 0 Å². The third-order valence-electron chi connectivity index (χ3n) is 1.36. The van der Waals surface area contributed by atoms with Crippen molar-refractivity contribution in [2.75, 3.05) is 19.7 Å². The molecule has 0 unspecified atom stereocenters. The molecule has 52 valence electrons. The number of aliphatic hydroxyl groups is 1. The first-order valence-electron chi connectivity index (χ1n) is 2.95. The zero-order chi connectivity index (χ0) is 6.69. The van der Waals surface area contributed by atoms with Crippen molar-refractivity contribution < 1.29 is 5.11 Å². The molecule has 1 fully saturated rings. The lowest BCUT2D eigenvalue weighted by Gasteiger charge is -2.23. The first-order chi connectivity index (χ1) is 4.33. The highest BCUT2D eigenvalue weighted by Crippen LogP contribution is 1.94. The van der Waals surface area contributed by atoms with Crippen LogP contribution in [0, 0.1) is 5.92 Å². The average molecular weight is 146 g/mol. The van der Waals surface area contributed by atoms with Gasteiger partial charge in [0.05, 0.1) is 0 Å². The number of nitrogens with one attached hydrogen (secondary N) is 2. The highest BCUT2D eigenvalue weighted by Gasteiger charge is 2.12. The van der Waals surface area contributed by atoms with E-state index in [2.05, 4.69) is 10.6 Å². The van der Waals surface area contributed by atoms with Gasteiger partial charge in [-0.2, -0.15) is 0 Å². The molecule has 0 aliphatic carbocycles. The predicted octanol–water partition coefficient (Wildman–Crippen LogP) is -0.927. The third kappa shape index (κ3) is 1.80. The predicted molar refractivity (Wildman–Crippen MR) is 39.2 cm³/mol. The number of thiocarbonyl (C=S) groups is 1. The smallest absolute Gasteiger partial charge is 0.166 e. The second-order valence-electron chi connectivity index (χ2n) is 2.14. The fourth-order valence-electron chi connectivity index (χ4n) is 0.738. The molecular weight excluding hydrogens is 136 g/mol. The van der Waals surface area contributed by atoms with Crippen LogP contribution in [0.2, 0.25) is 0 Å². The Bertz CT molecular complexity index is 108. The lowest BCUT2D eigenvalue weighted by atomic mass is 10.1. The third-order valence-corrected chi connectivity index (χ3v) is 1.65. The fourth-order valence-corrected chi connectivity index (χ4v) is 0.905. The highest BCUT2D eigenvalue weighted by atomic mass is 32.1. The van der Waals surface area contributed by atoms with Gasteiger partial charge in [-0.05, 0) is 12.2 Å². The molecule has 0 atom stereocenters. The summed E-state index contributed by atoms with van der Waals surface area (Å²) in [6.45, 7) is 1.81. The Kier molecular flexibility index (Phi) is 2.24. The van der Waals surface area contributed by atoms with Crippen molar-refractivity contribution in [3.8, 4) is 0 Å². The van der Waals surface area contributed by atoms with Gasteiger partial charge in [-0.15, -0.1) is 0 Å². The van der Waals surface area contributed by atoms with Crippen molar-refractivity contribution in [3.05, 3.63) is 0 Å². The molecule has 0 saturated carbocycles. The largest absolute Gasteiger partial charge is 0.396 e. The minimum Gasteiger partial charge on any atom is -0.396 e. The summed E-state index contributed by atoms with van der Waals surface area (Å²) in [5.41, 5.74) is 0. The summed E-state index contributed by atoms with van der Waals surface area (Å²) in [6, 6.07) is 0. The van der Waals surface area contributed by atoms with Gasteiger partial charge in [0.2, 0.25) is 0 Å². The van der Waals surface area contributed by atoms with Crippen LogP contribution in [-0.4, -0.2) is 29.9 Å². The molecule has 3 N–H and O–H groups in total. The number of rotatable bonds is 1. The first kappa shape index (κ1) is 6.77. The molecule has 1 saturated heterocycles. The zero-order valence-corrected chi connectivity index (χ0v) is 5.87. The Morgan fingerprint density at radius 2 is 2.11 bits per heavy atom. The van der Waals surface area contributed by atoms with E-state index in [9.17, 15) is 0 Å². The molecule has 1 rings (SSSR count). The molecule has 1 heterocycles. The molecular formula is C5H10N2OS. The van der Waals surface area contributed by atoms with Crippen molar-refractivity contribution >= 4 is 17.3 Å². The van der Waals surface area contributed by atoms with E-state index in [0.717, 1.165) is 13.1 Å². The van der Waals surface area contributed by atoms with Crippen molar-refractivity contribution in [2.24, 2.45) is 5.92 Å². The molecule has 0 amide bonds. The van der Waals surface area contributed by atoms with E-state index in [-0.39, 0.29) is 6.61 Å². The molecule has 0 spiro atoms. The number of hydrogen-bond acceptors (Lipinski definition) is 2. The molecule has 0 radical (unpaired) electrons. The van der Waals surface area contributed by atoms with Gasteiger partial charge >= 0.3 is 0 Å². The highest BCUT2D eigenvalue weighted by molar-refractivity contribution is 7.80. The minimum absolute atomic E-state index is 0.225. The van der Waals surface area contributed by atoms with Crippen LogP contribution in [0.1, 0.15) is 0 Å². The van der Waals surface area contributed by atoms with E-state index in [1.165, 1.54) is 0 Å². The van der Waals surface area contributed by atoms with E-state index in [0.29, 0.717) is 11.0 Å². The summed E-state index contributed by atoms with van der Waals surface area (Å²) in [7, 11) is 0. The van der Waals surface area contributed by atoms with E-state index < -0.39 is 0 Å². The van der Waals surface area contributed by atoms with Crippen LogP contribution in [-0.2, 0) is 0 Å². The number of hydrogen-bond donors (Lipinski definition) is 3. The van der Waals surface area contributed by atoms with E-state index >= 15 is 0 Å². The van der Waals surface area contributed by atoms with Gasteiger partial charge in [-0.25, -0.2) is 0 Å². The maximum Gasteiger partial charge on any atom is 0.166 e. The molecule has 0 aromatic rings. The standard InChI is InChI=1S/C5H10N2OS/c8-3-4-1-6-5(9)7-2-4/h4,8H,1-3H2,(H2,6,7,9). The van der Waals surface area contributed by atoms with Gasteiger partial charge in [0.1, 0.15) is 0 Å². The van der Waals surface area contributed by atoms with Crippen LogP contribution < -0.4 is 10.6 Å². The van der Waals surface area contributed by atoms with E-state index in [1.807, 2.05) is 0 Å². The number of aliphatic hydroxyl groups excluding tert-OH is 1. The Balaban J connectivity index is 2.26. The molecule has 0 aromatic heterocycles. The van der Waals surface area contributed by atoms with Crippen LogP contribution >= 0.6 is 12.2 Å². The average Bonchev–Trinajstić information content (AvgIpc) is 1.90. The topological polar surface area (TPSA) is 44.3 Å². The van der Waals surface area contributed by atoms with Gasteiger partial charge in [-0.3, -0.25) is 0 Å². The fraction of sp³-hybridized carbons (Fsp3) is 0.800. The maximum absolute atomic E-state index is 8.65. The second-order valence-corrected chi connectivity index (χ2v) is 2.55.